The molecular weight excluding hydrogens is 303 g/mol. The van der Waals surface area contributed by atoms with Crippen molar-refractivity contribution in [2.75, 3.05) is 0 Å². The van der Waals surface area contributed by atoms with E-state index in [1.807, 2.05) is 24.3 Å². The lowest BCUT2D eigenvalue weighted by Gasteiger charge is -2.19. The van der Waals surface area contributed by atoms with E-state index in [1.165, 1.54) is 6.07 Å². The molecule has 0 unspecified atom stereocenters. The number of hydrogen-bond donors (Lipinski definition) is 1. The number of halogens is 2. The van der Waals surface area contributed by atoms with Gasteiger partial charge in [0.1, 0.15) is 17.2 Å². The van der Waals surface area contributed by atoms with Crippen molar-refractivity contribution < 1.29 is 9.50 Å². The molecule has 1 N–H and O–H groups in total. The first-order chi connectivity index (χ1) is 10.4. The highest BCUT2D eigenvalue weighted by molar-refractivity contribution is 6.31. The number of aromatic nitrogens is 2. The highest BCUT2D eigenvalue weighted by Gasteiger charge is 2.25. The van der Waals surface area contributed by atoms with Gasteiger partial charge in [0.2, 0.25) is 0 Å². The van der Waals surface area contributed by atoms with E-state index in [1.54, 1.807) is 30.5 Å². The number of aliphatic hydroxyl groups is 1. The van der Waals surface area contributed by atoms with Gasteiger partial charge in [-0.1, -0.05) is 29.8 Å². The van der Waals surface area contributed by atoms with Gasteiger partial charge in [-0.15, -0.1) is 0 Å². The van der Waals surface area contributed by atoms with E-state index in [0.29, 0.717) is 16.4 Å². The van der Waals surface area contributed by atoms with Crippen LogP contribution in [0, 0.1) is 5.82 Å². The van der Waals surface area contributed by atoms with Crippen LogP contribution in [0.3, 0.4) is 0 Å². The monoisotopic (exact) mass is 318 g/mol. The van der Waals surface area contributed by atoms with Crippen molar-refractivity contribution in [2.24, 2.45) is 0 Å². The summed E-state index contributed by atoms with van der Waals surface area (Å²) in [6, 6.07) is 12.1. The first-order valence-electron chi connectivity index (χ1n) is 6.99. The van der Waals surface area contributed by atoms with Crippen molar-refractivity contribution in [1.82, 2.24) is 9.55 Å². The molecular formula is C17H16ClFN2O. The lowest BCUT2D eigenvalue weighted by atomic mass is 10.1. The average Bonchev–Trinajstić information content (AvgIpc) is 2.82. The number of rotatable bonds is 3. The van der Waals surface area contributed by atoms with Gasteiger partial charge in [-0.05, 0) is 38.1 Å². The molecule has 0 radical (unpaired) electrons. The number of nitrogens with zero attached hydrogens (tertiary/aromatic N) is 2. The van der Waals surface area contributed by atoms with Crippen LogP contribution in [0.25, 0.3) is 11.0 Å². The second-order valence-electron chi connectivity index (χ2n) is 5.77. The summed E-state index contributed by atoms with van der Waals surface area (Å²) in [5.41, 5.74) is 0.834. The highest BCUT2D eigenvalue weighted by Crippen LogP contribution is 2.28. The lowest BCUT2D eigenvalue weighted by Crippen LogP contribution is -2.22. The number of benzene rings is 2. The summed E-state index contributed by atoms with van der Waals surface area (Å²) in [6.07, 6.45) is 0. The Bertz CT molecular complexity index is 816. The molecule has 0 fully saturated rings. The smallest absolute Gasteiger partial charge is 0.141 e. The maximum Gasteiger partial charge on any atom is 0.141 e. The summed E-state index contributed by atoms with van der Waals surface area (Å²) < 4.78 is 15.9. The van der Waals surface area contributed by atoms with Crippen LogP contribution in [0.4, 0.5) is 4.39 Å². The third-order valence-electron chi connectivity index (χ3n) is 3.58. The fourth-order valence-corrected chi connectivity index (χ4v) is 2.77. The molecule has 22 heavy (non-hydrogen) atoms. The molecule has 0 amide bonds. The molecule has 0 saturated heterocycles. The summed E-state index contributed by atoms with van der Waals surface area (Å²) >= 11 is 6.13. The molecule has 0 aliphatic heterocycles. The number of fused-ring (bicyclic) bond motifs is 1. The molecule has 2 aromatic carbocycles. The summed E-state index contributed by atoms with van der Waals surface area (Å²) in [7, 11) is 0. The second kappa shape index (κ2) is 5.38. The Balaban J connectivity index is 2.21. The normalized spacial score (nSPS) is 12.0. The van der Waals surface area contributed by atoms with Gasteiger partial charge in [-0.3, -0.25) is 0 Å². The Morgan fingerprint density at radius 1 is 1.18 bits per heavy atom. The first kappa shape index (κ1) is 15.0. The molecule has 5 heteroatoms. The predicted octanol–water partition coefficient (Wildman–Crippen LogP) is 4.10. The molecule has 0 aliphatic carbocycles. The maximum absolute atomic E-state index is 14.1. The number of imidazole rings is 1. The van der Waals surface area contributed by atoms with Gasteiger partial charge in [0.05, 0.1) is 17.6 Å². The van der Waals surface area contributed by atoms with Crippen molar-refractivity contribution in [3.63, 3.8) is 0 Å². The van der Waals surface area contributed by atoms with Crippen LogP contribution in [0.5, 0.6) is 0 Å². The molecule has 3 rings (SSSR count). The topological polar surface area (TPSA) is 38.1 Å². The third-order valence-corrected chi connectivity index (χ3v) is 3.93. The summed E-state index contributed by atoms with van der Waals surface area (Å²) in [6.45, 7) is 3.53. The Labute approximate surface area is 133 Å². The Morgan fingerprint density at radius 2 is 1.91 bits per heavy atom. The van der Waals surface area contributed by atoms with Crippen LogP contribution < -0.4 is 0 Å². The van der Waals surface area contributed by atoms with Crippen molar-refractivity contribution in [1.29, 1.82) is 0 Å². The van der Waals surface area contributed by atoms with E-state index in [-0.39, 0.29) is 12.4 Å². The van der Waals surface area contributed by atoms with E-state index in [2.05, 4.69) is 4.98 Å². The van der Waals surface area contributed by atoms with Gasteiger partial charge in [0.15, 0.2) is 0 Å². The molecule has 3 aromatic rings. The van der Waals surface area contributed by atoms with Crippen LogP contribution in [0.1, 0.15) is 25.2 Å². The quantitative estimate of drug-likeness (QED) is 0.789. The Morgan fingerprint density at radius 3 is 2.59 bits per heavy atom. The van der Waals surface area contributed by atoms with Crippen molar-refractivity contribution in [2.45, 2.75) is 26.0 Å². The summed E-state index contributed by atoms with van der Waals surface area (Å²) in [5, 5.41) is 10.7. The van der Waals surface area contributed by atoms with Gasteiger partial charge in [-0.25, -0.2) is 9.37 Å². The van der Waals surface area contributed by atoms with Gasteiger partial charge in [-0.2, -0.15) is 0 Å². The molecule has 0 atom stereocenters. The molecule has 1 heterocycles. The average molecular weight is 319 g/mol. The molecule has 0 bridgehead atoms. The van der Waals surface area contributed by atoms with E-state index in [9.17, 15) is 9.50 Å². The largest absolute Gasteiger partial charge is 0.383 e. The lowest BCUT2D eigenvalue weighted by molar-refractivity contribution is 0.0656. The Hall–Kier alpha value is -1.91. The molecule has 0 aliphatic rings. The SMILES string of the molecule is CC(C)(O)c1nc2ccccc2n1Cc1c(F)cccc1Cl. The van der Waals surface area contributed by atoms with Gasteiger partial charge in [0, 0.05) is 10.6 Å². The zero-order chi connectivity index (χ0) is 15.9. The predicted molar refractivity (Wildman–Crippen MR) is 85.5 cm³/mol. The van der Waals surface area contributed by atoms with Gasteiger partial charge >= 0.3 is 0 Å². The minimum atomic E-state index is -1.14. The van der Waals surface area contributed by atoms with Crippen LogP contribution in [0.2, 0.25) is 5.02 Å². The number of hydrogen-bond acceptors (Lipinski definition) is 2. The number of para-hydroxylation sites is 2. The van der Waals surface area contributed by atoms with Gasteiger partial charge < -0.3 is 9.67 Å². The first-order valence-corrected chi connectivity index (χ1v) is 7.37. The standard InChI is InChI=1S/C17H16ClFN2O/c1-17(2,22)16-20-14-8-3-4-9-15(14)21(16)10-11-12(18)6-5-7-13(11)19/h3-9,22H,10H2,1-2H3. The van der Waals surface area contributed by atoms with Crippen molar-refractivity contribution in [3.8, 4) is 0 Å². The van der Waals surface area contributed by atoms with E-state index in [0.717, 1.165) is 11.0 Å². The minimum Gasteiger partial charge on any atom is -0.383 e. The second-order valence-corrected chi connectivity index (χ2v) is 6.18. The van der Waals surface area contributed by atoms with Crippen molar-refractivity contribution in [3.05, 3.63) is 64.7 Å². The van der Waals surface area contributed by atoms with Crippen LogP contribution in [0.15, 0.2) is 42.5 Å². The van der Waals surface area contributed by atoms with E-state index < -0.39 is 5.60 Å². The molecule has 0 saturated carbocycles. The van der Waals surface area contributed by atoms with Crippen molar-refractivity contribution >= 4 is 22.6 Å². The Kier molecular flexibility index (Phi) is 3.67. The highest BCUT2D eigenvalue weighted by atomic mass is 35.5. The van der Waals surface area contributed by atoms with E-state index in [4.69, 9.17) is 11.6 Å². The summed E-state index contributed by atoms with van der Waals surface area (Å²) in [5.74, 6) is 0.111. The van der Waals surface area contributed by atoms with E-state index >= 15 is 0 Å². The van der Waals surface area contributed by atoms with Gasteiger partial charge in [0.25, 0.3) is 0 Å². The maximum atomic E-state index is 14.1. The minimum absolute atomic E-state index is 0.214. The van der Waals surface area contributed by atoms with Crippen LogP contribution in [-0.4, -0.2) is 14.7 Å². The zero-order valence-corrected chi connectivity index (χ0v) is 13.1. The molecule has 0 spiro atoms. The molecule has 3 nitrogen and oxygen atoms in total. The molecule has 114 valence electrons. The fraction of sp³-hybridized carbons (Fsp3) is 0.235. The van der Waals surface area contributed by atoms with Crippen LogP contribution in [-0.2, 0) is 12.1 Å². The third kappa shape index (κ3) is 2.60. The van der Waals surface area contributed by atoms with Crippen LogP contribution >= 0.6 is 11.6 Å². The molecule has 1 aromatic heterocycles. The zero-order valence-electron chi connectivity index (χ0n) is 12.3. The summed E-state index contributed by atoms with van der Waals surface area (Å²) in [4.78, 5) is 4.49. The fourth-order valence-electron chi connectivity index (χ4n) is 2.54.